The van der Waals surface area contributed by atoms with Gasteiger partial charge in [0.2, 0.25) is 0 Å². The summed E-state index contributed by atoms with van der Waals surface area (Å²) in [5, 5.41) is 0. The van der Waals surface area contributed by atoms with Crippen molar-refractivity contribution in [3.63, 3.8) is 0 Å². The average molecular weight is 626 g/mol. The number of ether oxygens (including phenoxy) is 2. The van der Waals surface area contributed by atoms with Crippen LogP contribution in [0.15, 0.2) is 24.3 Å². The summed E-state index contributed by atoms with van der Waals surface area (Å²) in [6.45, 7) is 4.71. The van der Waals surface area contributed by atoms with Crippen LogP contribution in [0.4, 0.5) is 74.6 Å². The molecule has 0 spiro atoms. The van der Waals surface area contributed by atoms with Gasteiger partial charge in [-0.2, -0.15) is 74.6 Å². The number of rotatable bonds is 11. The molecule has 1 aromatic carbocycles. The molecule has 40 heavy (non-hydrogen) atoms. The molecule has 0 fully saturated rings. The Morgan fingerprint density at radius 2 is 0.900 bits per heavy atom. The van der Waals surface area contributed by atoms with Crippen molar-refractivity contribution in [2.24, 2.45) is 0 Å². The maximum absolute atomic E-state index is 14.3. The third-order valence-corrected chi connectivity index (χ3v) is 5.19. The second kappa shape index (κ2) is 10.3. The molecule has 0 saturated heterocycles. The second-order valence-electron chi connectivity index (χ2n) is 9.36. The molecule has 19 heteroatoms. The average Bonchev–Trinajstić information content (AvgIpc) is 2.75. The van der Waals surface area contributed by atoms with Crippen LogP contribution in [0, 0.1) is 0 Å². The summed E-state index contributed by atoms with van der Waals surface area (Å²) in [5.74, 6) is -56.6. The van der Waals surface area contributed by atoms with E-state index in [0.717, 1.165) is 24.3 Å². The smallest absolute Gasteiger partial charge is 0.460 e. The summed E-state index contributed by atoms with van der Waals surface area (Å²) in [6.07, 6.45) is -12.9. The quantitative estimate of drug-likeness (QED) is 0.229. The Hall–Kier alpha value is -2.21. The molecule has 1 unspecified atom stereocenters. The number of alkyl halides is 17. The largest absolute Gasteiger partial charge is 0.488 e. The Labute approximate surface area is 214 Å². The summed E-state index contributed by atoms with van der Waals surface area (Å²) in [4.78, 5) is 0. The zero-order chi connectivity index (χ0) is 32.2. The lowest BCUT2D eigenvalue weighted by Gasteiger charge is -2.43. The number of hydrogen-bond donors (Lipinski definition) is 0. The molecular formula is C21H19F17O2. The summed E-state index contributed by atoms with van der Waals surface area (Å²) in [5.41, 5.74) is -1.34. The number of hydrogen-bond acceptors (Lipinski definition) is 2. The third-order valence-electron chi connectivity index (χ3n) is 5.19. The van der Waals surface area contributed by atoms with Crippen LogP contribution in [0.25, 0.3) is 0 Å². The minimum atomic E-state index is -8.66. The molecule has 0 aromatic heterocycles. The zero-order valence-electron chi connectivity index (χ0n) is 20.3. The van der Waals surface area contributed by atoms with Gasteiger partial charge in [0.05, 0.1) is 6.10 Å². The first-order chi connectivity index (χ1) is 17.4. The van der Waals surface area contributed by atoms with Crippen molar-refractivity contribution in [2.45, 2.75) is 86.5 Å². The van der Waals surface area contributed by atoms with Crippen molar-refractivity contribution >= 4 is 0 Å². The van der Waals surface area contributed by atoms with E-state index < -0.39 is 71.3 Å². The Balaban J connectivity index is 3.50. The molecule has 2 nitrogen and oxygen atoms in total. The zero-order valence-corrected chi connectivity index (χ0v) is 20.3. The normalized spacial score (nSPS) is 16.2. The highest BCUT2D eigenvalue weighted by Gasteiger charge is 2.95. The lowest BCUT2D eigenvalue weighted by molar-refractivity contribution is -0.462. The molecule has 0 N–H and O–H groups in total. The molecule has 0 saturated carbocycles. The summed E-state index contributed by atoms with van der Waals surface area (Å²) < 4.78 is 238. The van der Waals surface area contributed by atoms with Crippen LogP contribution in [0.1, 0.15) is 38.9 Å². The lowest BCUT2D eigenvalue weighted by Crippen LogP contribution is -2.74. The fourth-order valence-electron chi connectivity index (χ4n) is 3.00. The minimum Gasteiger partial charge on any atom is -0.488 e. The summed E-state index contributed by atoms with van der Waals surface area (Å²) in [6, 6.07) is 3.78. The summed E-state index contributed by atoms with van der Waals surface area (Å²) >= 11 is 0. The van der Waals surface area contributed by atoms with Crippen LogP contribution in [0.5, 0.6) is 5.75 Å². The molecule has 1 rings (SSSR count). The van der Waals surface area contributed by atoms with Crippen LogP contribution in [0.3, 0.4) is 0 Å². The van der Waals surface area contributed by atoms with Gasteiger partial charge >= 0.3 is 47.6 Å². The first-order valence-electron chi connectivity index (χ1n) is 10.4. The molecule has 0 aliphatic carbocycles. The van der Waals surface area contributed by atoms with E-state index in [1.807, 2.05) is 0 Å². The highest BCUT2D eigenvalue weighted by Crippen LogP contribution is 2.64. The Morgan fingerprint density at radius 1 is 0.550 bits per heavy atom. The summed E-state index contributed by atoms with van der Waals surface area (Å²) in [7, 11) is 0.527. The molecule has 0 bridgehead atoms. The van der Waals surface area contributed by atoms with Gasteiger partial charge in [-0.25, -0.2) is 0 Å². The monoisotopic (exact) mass is 626 g/mol. The minimum absolute atomic E-state index is 0.0492. The van der Waals surface area contributed by atoms with Gasteiger partial charge in [-0.05, 0) is 38.5 Å². The Kier molecular flexibility index (Phi) is 9.18. The first kappa shape index (κ1) is 35.8. The SMILES string of the molecule is COC(CC(F)(F)C(F)(F)C(F)(F)C(F)(F)C(F)(F)C(F)(F)C(F)(F)C(F)(F)F)c1ccc(OC(C)(C)C)cc1. The maximum atomic E-state index is 14.3. The van der Waals surface area contributed by atoms with Crippen LogP contribution in [0.2, 0.25) is 0 Å². The topological polar surface area (TPSA) is 18.5 Å². The van der Waals surface area contributed by atoms with E-state index in [1.54, 1.807) is 20.8 Å². The first-order valence-corrected chi connectivity index (χ1v) is 10.4. The highest BCUT2D eigenvalue weighted by atomic mass is 19.4. The number of halogens is 17. The molecular weight excluding hydrogens is 607 g/mol. The van der Waals surface area contributed by atoms with Gasteiger partial charge in [0, 0.05) is 13.5 Å². The van der Waals surface area contributed by atoms with E-state index in [1.165, 1.54) is 0 Å². The molecule has 0 aliphatic heterocycles. The van der Waals surface area contributed by atoms with Gasteiger partial charge in [-0.1, -0.05) is 12.1 Å². The molecule has 0 heterocycles. The van der Waals surface area contributed by atoms with Gasteiger partial charge in [-0.3, -0.25) is 0 Å². The molecule has 1 aromatic rings. The molecule has 234 valence electrons. The third kappa shape index (κ3) is 5.75. The van der Waals surface area contributed by atoms with Gasteiger partial charge in [-0.15, -0.1) is 0 Å². The van der Waals surface area contributed by atoms with E-state index in [0.29, 0.717) is 7.11 Å². The maximum Gasteiger partial charge on any atom is 0.460 e. The van der Waals surface area contributed by atoms with Crippen LogP contribution >= 0.6 is 0 Å². The van der Waals surface area contributed by atoms with E-state index in [2.05, 4.69) is 4.74 Å². The van der Waals surface area contributed by atoms with Gasteiger partial charge < -0.3 is 9.47 Å². The second-order valence-corrected chi connectivity index (χ2v) is 9.36. The fraction of sp³-hybridized carbons (Fsp3) is 0.714. The van der Waals surface area contributed by atoms with Gasteiger partial charge in [0.25, 0.3) is 0 Å². The number of benzene rings is 1. The molecule has 1 atom stereocenters. The molecule has 0 aliphatic rings. The Bertz CT molecular complexity index is 1010. The van der Waals surface area contributed by atoms with Gasteiger partial charge in [0.15, 0.2) is 0 Å². The van der Waals surface area contributed by atoms with Crippen LogP contribution < -0.4 is 4.74 Å². The van der Waals surface area contributed by atoms with Gasteiger partial charge in [0.1, 0.15) is 11.4 Å². The van der Waals surface area contributed by atoms with E-state index in [9.17, 15) is 74.6 Å². The lowest BCUT2D eigenvalue weighted by atomic mass is 9.87. The Morgan fingerprint density at radius 3 is 1.23 bits per heavy atom. The van der Waals surface area contributed by atoms with Crippen molar-refractivity contribution in [1.29, 1.82) is 0 Å². The van der Waals surface area contributed by atoms with Crippen LogP contribution in [-0.4, -0.2) is 60.3 Å². The van der Waals surface area contributed by atoms with E-state index in [-0.39, 0.29) is 5.75 Å². The van der Waals surface area contributed by atoms with Crippen molar-refractivity contribution in [2.75, 3.05) is 7.11 Å². The predicted molar refractivity (Wildman–Crippen MR) is 102 cm³/mol. The molecule has 0 amide bonds. The van der Waals surface area contributed by atoms with E-state index in [4.69, 9.17) is 4.74 Å². The van der Waals surface area contributed by atoms with Crippen molar-refractivity contribution in [3.8, 4) is 5.75 Å². The predicted octanol–water partition coefficient (Wildman–Crippen LogP) is 8.95. The molecule has 0 radical (unpaired) electrons. The fourth-order valence-corrected chi connectivity index (χ4v) is 3.00. The highest BCUT2D eigenvalue weighted by molar-refractivity contribution is 5.29. The van der Waals surface area contributed by atoms with Crippen molar-refractivity contribution in [3.05, 3.63) is 29.8 Å². The number of methoxy groups -OCH3 is 1. The van der Waals surface area contributed by atoms with E-state index >= 15 is 0 Å². The standard InChI is InChI=1S/C21H19F17O2/c1-13(2,3)40-11-7-5-10(6-8-11)12(39-4)9-14(22,23)15(24,25)16(26,27)17(28,29)18(30,31)19(32,33)20(34,35)21(36,37)38/h5-8,12H,9H2,1-4H3. The van der Waals surface area contributed by atoms with Crippen LogP contribution in [-0.2, 0) is 4.74 Å². The van der Waals surface area contributed by atoms with Crippen molar-refractivity contribution < 1.29 is 84.1 Å². The van der Waals surface area contributed by atoms with Crippen molar-refractivity contribution in [1.82, 2.24) is 0 Å².